The summed E-state index contributed by atoms with van der Waals surface area (Å²) in [6.07, 6.45) is 4.90. The molecule has 5 nitrogen and oxygen atoms in total. The number of aromatic nitrogens is 2. The van der Waals surface area contributed by atoms with Gasteiger partial charge in [-0.15, -0.1) is 0 Å². The molecule has 1 aliphatic rings. The molecule has 0 saturated heterocycles. The number of rotatable bonds is 6. The maximum absolute atomic E-state index is 6.17. The number of hydrogen-bond acceptors (Lipinski definition) is 5. The van der Waals surface area contributed by atoms with Crippen LogP contribution in [0.2, 0.25) is 0 Å². The summed E-state index contributed by atoms with van der Waals surface area (Å²) < 4.78 is 10.8. The SMILES string of the molecule is CC(C)OCC(C)(N)c1noc(CC2CCC2)n1. The molecule has 1 atom stereocenters. The number of nitrogens with zero attached hydrogens (tertiary/aromatic N) is 2. The zero-order valence-corrected chi connectivity index (χ0v) is 11.5. The van der Waals surface area contributed by atoms with Crippen LogP contribution in [0.5, 0.6) is 0 Å². The van der Waals surface area contributed by atoms with E-state index in [-0.39, 0.29) is 6.10 Å². The second-order valence-corrected chi connectivity index (χ2v) is 5.79. The molecule has 2 N–H and O–H groups in total. The number of hydrogen-bond donors (Lipinski definition) is 1. The van der Waals surface area contributed by atoms with E-state index in [0.29, 0.717) is 24.2 Å². The zero-order chi connectivity index (χ0) is 13.2. The largest absolute Gasteiger partial charge is 0.376 e. The van der Waals surface area contributed by atoms with Crippen molar-refractivity contribution in [3.05, 3.63) is 11.7 Å². The lowest BCUT2D eigenvalue weighted by Crippen LogP contribution is -2.40. The summed E-state index contributed by atoms with van der Waals surface area (Å²) in [5.74, 6) is 1.96. The summed E-state index contributed by atoms with van der Waals surface area (Å²) in [5.41, 5.74) is 5.48. The lowest BCUT2D eigenvalue weighted by atomic mass is 9.83. The van der Waals surface area contributed by atoms with Crippen LogP contribution in [0, 0.1) is 5.92 Å². The maximum atomic E-state index is 6.17. The molecule has 0 aromatic carbocycles. The smallest absolute Gasteiger partial charge is 0.226 e. The van der Waals surface area contributed by atoms with Gasteiger partial charge in [0.1, 0.15) is 5.54 Å². The monoisotopic (exact) mass is 253 g/mol. The van der Waals surface area contributed by atoms with Crippen molar-refractivity contribution in [3.63, 3.8) is 0 Å². The Hall–Kier alpha value is -0.940. The van der Waals surface area contributed by atoms with Crippen molar-refractivity contribution in [1.82, 2.24) is 10.1 Å². The van der Waals surface area contributed by atoms with Crippen LogP contribution in [0.15, 0.2) is 4.52 Å². The molecule has 1 aromatic rings. The molecule has 0 amide bonds. The molecule has 1 saturated carbocycles. The third-order valence-corrected chi connectivity index (χ3v) is 3.38. The van der Waals surface area contributed by atoms with Gasteiger partial charge in [-0.1, -0.05) is 11.6 Å². The van der Waals surface area contributed by atoms with Gasteiger partial charge >= 0.3 is 0 Å². The van der Waals surface area contributed by atoms with E-state index in [4.69, 9.17) is 15.0 Å². The van der Waals surface area contributed by atoms with Gasteiger partial charge in [0.25, 0.3) is 0 Å². The van der Waals surface area contributed by atoms with Gasteiger partial charge in [0.2, 0.25) is 5.89 Å². The average molecular weight is 253 g/mol. The van der Waals surface area contributed by atoms with Gasteiger partial charge in [-0.25, -0.2) is 0 Å². The molecule has 1 unspecified atom stereocenters. The second-order valence-electron chi connectivity index (χ2n) is 5.79. The first kappa shape index (κ1) is 13.5. The summed E-state index contributed by atoms with van der Waals surface area (Å²) in [7, 11) is 0. The molecular formula is C13H23N3O2. The zero-order valence-electron chi connectivity index (χ0n) is 11.5. The fourth-order valence-electron chi connectivity index (χ4n) is 1.92. The molecule has 5 heteroatoms. The van der Waals surface area contributed by atoms with Crippen molar-refractivity contribution in [2.45, 2.75) is 58.1 Å². The van der Waals surface area contributed by atoms with Gasteiger partial charge in [-0.05, 0) is 39.5 Å². The molecule has 0 radical (unpaired) electrons. The molecule has 1 heterocycles. The highest BCUT2D eigenvalue weighted by Crippen LogP contribution is 2.29. The molecule has 1 aromatic heterocycles. The Morgan fingerprint density at radius 1 is 1.50 bits per heavy atom. The molecule has 102 valence electrons. The first-order valence-corrected chi connectivity index (χ1v) is 6.71. The second kappa shape index (κ2) is 5.36. The van der Waals surface area contributed by atoms with Gasteiger partial charge < -0.3 is 15.0 Å². The highest BCUT2D eigenvalue weighted by atomic mass is 16.5. The summed E-state index contributed by atoms with van der Waals surface area (Å²) in [6.45, 7) is 6.23. The van der Waals surface area contributed by atoms with Crippen LogP contribution < -0.4 is 5.73 Å². The van der Waals surface area contributed by atoms with Crippen LogP contribution in [-0.4, -0.2) is 22.9 Å². The molecule has 1 aliphatic carbocycles. The Balaban J connectivity index is 1.94. The maximum Gasteiger partial charge on any atom is 0.226 e. The van der Waals surface area contributed by atoms with Crippen molar-refractivity contribution >= 4 is 0 Å². The lowest BCUT2D eigenvalue weighted by molar-refractivity contribution is 0.0410. The van der Waals surface area contributed by atoms with E-state index in [1.165, 1.54) is 19.3 Å². The van der Waals surface area contributed by atoms with Gasteiger partial charge in [0.15, 0.2) is 5.82 Å². The predicted octanol–water partition coefficient (Wildman–Crippen LogP) is 2.01. The topological polar surface area (TPSA) is 74.2 Å². The molecule has 0 aliphatic heterocycles. The number of ether oxygens (including phenoxy) is 1. The average Bonchev–Trinajstić information content (AvgIpc) is 2.70. The molecule has 1 fully saturated rings. The molecule has 18 heavy (non-hydrogen) atoms. The minimum absolute atomic E-state index is 0.147. The highest BCUT2D eigenvalue weighted by Gasteiger charge is 2.29. The Bertz CT molecular complexity index is 383. The normalized spacial score (nSPS) is 19.8. The van der Waals surface area contributed by atoms with Crippen LogP contribution in [0.25, 0.3) is 0 Å². The molecule has 2 rings (SSSR count). The van der Waals surface area contributed by atoms with E-state index < -0.39 is 5.54 Å². The molecule has 0 spiro atoms. The van der Waals surface area contributed by atoms with Crippen LogP contribution in [-0.2, 0) is 16.7 Å². The van der Waals surface area contributed by atoms with Gasteiger partial charge in [-0.2, -0.15) is 4.98 Å². The Labute approximate surface area is 108 Å². The van der Waals surface area contributed by atoms with Crippen molar-refractivity contribution < 1.29 is 9.26 Å². The quantitative estimate of drug-likeness (QED) is 0.839. The van der Waals surface area contributed by atoms with Gasteiger partial charge in [0, 0.05) is 6.42 Å². The first-order valence-electron chi connectivity index (χ1n) is 6.71. The molecule has 0 bridgehead atoms. The fraction of sp³-hybridized carbons (Fsp3) is 0.846. The molecular weight excluding hydrogens is 230 g/mol. The van der Waals surface area contributed by atoms with Crippen molar-refractivity contribution in [2.24, 2.45) is 11.7 Å². The summed E-state index contributed by atoms with van der Waals surface area (Å²) in [6, 6.07) is 0. The van der Waals surface area contributed by atoms with Crippen LogP contribution in [0.1, 0.15) is 51.7 Å². The minimum Gasteiger partial charge on any atom is -0.376 e. The fourth-order valence-corrected chi connectivity index (χ4v) is 1.92. The number of nitrogens with two attached hydrogens (primary N) is 1. The van der Waals surface area contributed by atoms with Crippen LogP contribution in [0.4, 0.5) is 0 Å². The first-order chi connectivity index (χ1) is 8.47. The third-order valence-electron chi connectivity index (χ3n) is 3.38. The lowest BCUT2D eigenvalue weighted by Gasteiger charge is -2.23. The van der Waals surface area contributed by atoms with E-state index in [1.54, 1.807) is 0 Å². The van der Waals surface area contributed by atoms with Crippen molar-refractivity contribution in [1.29, 1.82) is 0 Å². The van der Waals surface area contributed by atoms with Crippen molar-refractivity contribution in [3.8, 4) is 0 Å². The summed E-state index contributed by atoms with van der Waals surface area (Å²) in [4.78, 5) is 4.40. The summed E-state index contributed by atoms with van der Waals surface area (Å²) >= 11 is 0. The Morgan fingerprint density at radius 2 is 2.22 bits per heavy atom. The van der Waals surface area contributed by atoms with E-state index in [0.717, 1.165) is 6.42 Å². The van der Waals surface area contributed by atoms with E-state index >= 15 is 0 Å². The van der Waals surface area contributed by atoms with E-state index in [9.17, 15) is 0 Å². The van der Waals surface area contributed by atoms with Crippen LogP contribution >= 0.6 is 0 Å². The van der Waals surface area contributed by atoms with Crippen LogP contribution in [0.3, 0.4) is 0 Å². The Morgan fingerprint density at radius 3 is 2.78 bits per heavy atom. The van der Waals surface area contributed by atoms with Crippen molar-refractivity contribution in [2.75, 3.05) is 6.61 Å². The minimum atomic E-state index is -0.689. The van der Waals surface area contributed by atoms with Gasteiger partial charge in [0.05, 0.1) is 12.7 Å². The Kier molecular flexibility index (Phi) is 4.02. The summed E-state index contributed by atoms with van der Waals surface area (Å²) in [5, 5.41) is 3.99. The van der Waals surface area contributed by atoms with E-state index in [1.807, 2.05) is 20.8 Å². The third kappa shape index (κ3) is 3.29. The van der Waals surface area contributed by atoms with Gasteiger partial charge in [-0.3, -0.25) is 0 Å². The predicted molar refractivity (Wildman–Crippen MR) is 68.0 cm³/mol. The van der Waals surface area contributed by atoms with E-state index in [2.05, 4.69) is 10.1 Å². The standard InChI is InChI=1S/C13H23N3O2/c1-9(2)17-8-13(3,14)12-15-11(18-16-12)7-10-5-4-6-10/h9-10H,4-8,14H2,1-3H3. The highest BCUT2D eigenvalue weighted by molar-refractivity contribution is 5.02.